The molecule has 1 aliphatic heterocycles. The van der Waals surface area contributed by atoms with Crippen molar-refractivity contribution in [2.45, 2.75) is 25.8 Å². The Morgan fingerprint density at radius 1 is 1.00 bits per heavy atom. The number of rotatable bonds is 5. The minimum absolute atomic E-state index is 0.0243. The first kappa shape index (κ1) is 18.1. The van der Waals surface area contributed by atoms with E-state index in [4.69, 9.17) is 0 Å². The molecular formula is C22H23N5O. The molecule has 0 aliphatic carbocycles. The summed E-state index contributed by atoms with van der Waals surface area (Å²) in [6, 6.07) is 15.4. The van der Waals surface area contributed by atoms with E-state index in [1.54, 1.807) is 12.3 Å². The third-order valence-electron chi connectivity index (χ3n) is 4.82. The number of hydrogen-bond acceptors (Lipinski definition) is 5. The van der Waals surface area contributed by atoms with Gasteiger partial charge in [-0.3, -0.25) is 9.78 Å². The van der Waals surface area contributed by atoms with Crippen LogP contribution < -0.4 is 5.32 Å². The summed E-state index contributed by atoms with van der Waals surface area (Å²) in [5, 5.41) is 3.31. The van der Waals surface area contributed by atoms with Gasteiger partial charge in [0.05, 0.1) is 0 Å². The van der Waals surface area contributed by atoms with Gasteiger partial charge in [0.1, 0.15) is 11.5 Å². The fraction of sp³-hybridized carbons (Fsp3) is 0.273. The van der Waals surface area contributed by atoms with Crippen molar-refractivity contribution < 1.29 is 4.79 Å². The summed E-state index contributed by atoms with van der Waals surface area (Å²) in [6.45, 7) is 2.17. The largest absolute Gasteiger partial charge is 0.366 e. The normalized spacial score (nSPS) is 13.9. The number of benzene rings is 1. The Morgan fingerprint density at radius 2 is 1.82 bits per heavy atom. The first-order valence-electron chi connectivity index (χ1n) is 9.66. The van der Waals surface area contributed by atoms with Gasteiger partial charge in [-0.25, -0.2) is 9.97 Å². The molecule has 0 radical (unpaired) electrons. The Hall–Kier alpha value is -3.28. The van der Waals surface area contributed by atoms with Crippen LogP contribution in [0.5, 0.6) is 0 Å². The van der Waals surface area contributed by atoms with Gasteiger partial charge >= 0.3 is 0 Å². The number of anilines is 1. The summed E-state index contributed by atoms with van der Waals surface area (Å²) >= 11 is 0. The van der Waals surface area contributed by atoms with Crippen molar-refractivity contribution in [1.82, 2.24) is 19.9 Å². The van der Waals surface area contributed by atoms with Crippen molar-refractivity contribution in [2.24, 2.45) is 0 Å². The second kappa shape index (κ2) is 8.61. The molecule has 3 heterocycles. The number of nitrogens with one attached hydrogen (secondary N) is 1. The zero-order valence-corrected chi connectivity index (χ0v) is 15.7. The molecule has 0 saturated carbocycles. The number of nitrogens with zero attached hydrogens (tertiary/aromatic N) is 4. The average Bonchev–Trinajstić information content (AvgIpc) is 2.79. The molecule has 1 aliphatic rings. The molecular weight excluding hydrogens is 350 g/mol. The quantitative estimate of drug-likeness (QED) is 0.737. The highest BCUT2D eigenvalue weighted by Gasteiger charge is 2.21. The molecule has 1 aromatic carbocycles. The summed E-state index contributed by atoms with van der Waals surface area (Å²) in [4.78, 5) is 28.2. The van der Waals surface area contributed by atoms with Crippen LogP contribution in [0.25, 0.3) is 11.4 Å². The van der Waals surface area contributed by atoms with E-state index in [1.165, 1.54) is 6.42 Å². The topological polar surface area (TPSA) is 71.0 Å². The molecule has 142 valence electrons. The summed E-state index contributed by atoms with van der Waals surface area (Å²) in [7, 11) is 0. The van der Waals surface area contributed by atoms with E-state index in [0.717, 1.165) is 37.1 Å². The molecule has 1 N–H and O–H groups in total. The molecule has 0 atom stereocenters. The first-order valence-corrected chi connectivity index (χ1v) is 9.66. The maximum Gasteiger partial charge on any atom is 0.272 e. The Kier molecular flexibility index (Phi) is 5.56. The molecule has 3 aromatic rings. The second-order valence-electron chi connectivity index (χ2n) is 6.90. The van der Waals surface area contributed by atoms with E-state index in [0.29, 0.717) is 23.9 Å². The van der Waals surface area contributed by atoms with Gasteiger partial charge in [-0.15, -0.1) is 0 Å². The van der Waals surface area contributed by atoms with E-state index in [-0.39, 0.29) is 5.91 Å². The van der Waals surface area contributed by atoms with Gasteiger partial charge in [-0.05, 0) is 30.9 Å². The van der Waals surface area contributed by atoms with Gasteiger partial charge in [0.25, 0.3) is 5.91 Å². The molecule has 0 spiro atoms. The number of likely N-dealkylation sites (tertiary alicyclic amines) is 1. The zero-order chi connectivity index (χ0) is 19.2. The lowest BCUT2D eigenvalue weighted by molar-refractivity contribution is 0.0718. The van der Waals surface area contributed by atoms with Gasteiger partial charge in [-0.2, -0.15) is 0 Å². The summed E-state index contributed by atoms with van der Waals surface area (Å²) in [6.07, 6.45) is 6.84. The van der Waals surface area contributed by atoms with Crippen molar-refractivity contribution in [1.29, 1.82) is 0 Å². The van der Waals surface area contributed by atoms with Crippen LogP contribution in [0.3, 0.4) is 0 Å². The van der Waals surface area contributed by atoms with Crippen LogP contribution in [0.15, 0.2) is 60.9 Å². The monoisotopic (exact) mass is 373 g/mol. The minimum Gasteiger partial charge on any atom is -0.366 e. The van der Waals surface area contributed by atoms with Crippen LogP contribution in [-0.4, -0.2) is 38.8 Å². The Morgan fingerprint density at radius 3 is 2.57 bits per heavy atom. The predicted molar refractivity (Wildman–Crippen MR) is 109 cm³/mol. The van der Waals surface area contributed by atoms with E-state index in [1.807, 2.05) is 53.6 Å². The van der Waals surface area contributed by atoms with Crippen molar-refractivity contribution in [2.75, 3.05) is 18.4 Å². The number of aromatic nitrogens is 3. The van der Waals surface area contributed by atoms with Crippen LogP contribution in [0, 0.1) is 0 Å². The number of carbonyl (C=O) groups excluding carboxylic acids is 1. The number of pyridine rings is 1. The maximum absolute atomic E-state index is 13.0. The highest BCUT2D eigenvalue weighted by atomic mass is 16.2. The lowest BCUT2D eigenvalue weighted by Gasteiger charge is -2.26. The van der Waals surface area contributed by atoms with Crippen LogP contribution in [0.1, 0.15) is 35.3 Å². The highest BCUT2D eigenvalue weighted by molar-refractivity contribution is 5.93. The predicted octanol–water partition coefficient (Wildman–Crippen LogP) is 3.78. The van der Waals surface area contributed by atoms with Crippen molar-refractivity contribution in [3.63, 3.8) is 0 Å². The number of hydrogen-bond donors (Lipinski definition) is 1. The third kappa shape index (κ3) is 4.34. The third-order valence-corrected chi connectivity index (χ3v) is 4.82. The van der Waals surface area contributed by atoms with E-state index < -0.39 is 0 Å². The van der Waals surface area contributed by atoms with Crippen LogP contribution in [-0.2, 0) is 6.54 Å². The van der Waals surface area contributed by atoms with Gasteiger partial charge in [-0.1, -0.05) is 36.4 Å². The second-order valence-corrected chi connectivity index (χ2v) is 6.90. The smallest absolute Gasteiger partial charge is 0.272 e. The van der Waals surface area contributed by atoms with Crippen LogP contribution in [0.2, 0.25) is 0 Å². The highest BCUT2D eigenvalue weighted by Crippen LogP contribution is 2.20. The van der Waals surface area contributed by atoms with E-state index in [9.17, 15) is 4.79 Å². The lowest BCUT2D eigenvalue weighted by Crippen LogP contribution is -2.36. The van der Waals surface area contributed by atoms with Gasteiger partial charge < -0.3 is 10.2 Å². The standard InChI is InChI=1S/C22H23N5O/c28-22(27-12-5-2-6-13-27)19-14-20(24-16-17-8-7-11-23-15-17)26-21(25-19)18-9-3-1-4-10-18/h1,3-4,7-11,14-15H,2,5-6,12-13,16H2,(H,24,25,26). The molecule has 2 aromatic heterocycles. The number of carbonyl (C=O) groups is 1. The fourth-order valence-corrected chi connectivity index (χ4v) is 3.32. The molecule has 1 fully saturated rings. The number of piperidine rings is 1. The van der Waals surface area contributed by atoms with Crippen molar-refractivity contribution >= 4 is 11.7 Å². The molecule has 1 saturated heterocycles. The average molecular weight is 373 g/mol. The summed E-state index contributed by atoms with van der Waals surface area (Å²) in [5.41, 5.74) is 2.37. The van der Waals surface area contributed by atoms with Crippen molar-refractivity contribution in [3.05, 3.63) is 72.2 Å². The first-order chi connectivity index (χ1) is 13.8. The van der Waals surface area contributed by atoms with E-state index >= 15 is 0 Å². The Labute approximate surface area is 164 Å². The van der Waals surface area contributed by atoms with Gasteiger partial charge in [0, 0.05) is 43.7 Å². The van der Waals surface area contributed by atoms with Gasteiger partial charge in [0.15, 0.2) is 5.82 Å². The van der Waals surface area contributed by atoms with Crippen LogP contribution >= 0.6 is 0 Å². The Bertz CT molecular complexity index is 924. The Balaban J connectivity index is 1.63. The molecule has 4 rings (SSSR count). The lowest BCUT2D eigenvalue weighted by atomic mass is 10.1. The van der Waals surface area contributed by atoms with E-state index in [2.05, 4.69) is 20.3 Å². The zero-order valence-electron chi connectivity index (χ0n) is 15.7. The number of amides is 1. The van der Waals surface area contributed by atoms with Crippen molar-refractivity contribution in [3.8, 4) is 11.4 Å². The van der Waals surface area contributed by atoms with Gasteiger partial charge in [0.2, 0.25) is 0 Å². The van der Waals surface area contributed by atoms with Crippen LogP contribution in [0.4, 0.5) is 5.82 Å². The SMILES string of the molecule is O=C(c1cc(NCc2cccnc2)nc(-c2ccccc2)n1)N1CCCCC1. The summed E-state index contributed by atoms with van der Waals surface area (Å²) in [5.74, 6) is 1.17. The molecule has 6 heteroatoms. The fourth-order valence-electron chi connectivity index (χ4n) is 3.32. The molecule has 28 heavy (non-hydrogen) atoms. The minimum atomic E-state index is -0.0243. The molecule has 0 unspecified atom stereocenters. The molecule has 1 amide bonds. The molecule has 0 bridgehead atoms. The summed E-state index contributed by atoms with van der Waals surface area (Å²) < 4.78 is 0. The molecule has 6 nitrogen and oxygen atoms in total. The maximum atomic E-state index is 13.0.